The van der Waals surface area contributed by atoms with Crippen LogP contribution < -0.4 is 0 Å². The minimum Gasteiger partial charge on any atom is -0.465 e. The van der Waals surface area contributed by atoms with Crippen LogP contribution in [0.5, 0.6) is 0 Å². The van der Waals surface area contributed by atoms with E-state index >= 15 is 0 Å². The van der Waals surface area contributed by atoms with Crippen LogP contribution in [0.15, 0.2) is 28.7 Å². The van der Waals surface area contributed by atoms with Crippen LogP contribution in [0.4, 0.5) is 0 Å². The lowest BCUT2D eigenvalue weighted by atomic mass is 9.76. The van der Waals surface area contributed by atoms with Crippen LogP contribution >= 0.6 is 15.9 Å². The van der Waals surface area contributed by atoms with Crippen molar-refractivity contribution >= 4 is 21.9 Å². The predicted octanol–water partition coefficient (Wildman–Crippen LogP) is 3.58. The van der Waals surface area contributed by atoms with Crippen LogP contribution in [-0.4, -0.2) is 12.6 Å². The molecule has 92 valence electrons. The van der Waals surface area contributed by atoms with Crippen molar-refractivity contribution in [3.8, 4) is 0 Å². The van der Waals surface area contributed by atoms with Gasteiger partial charge in [0.15, 0.2) is 0 Å². The molecule has 17 heavy (non-hydrogen) atoms. The van der Waals surface area contributed by atoms with Gasteiger partial charge < -0.3 is 4.74 Å². The fraction of sp³-hybridized carbons (Fsp3) is 0.500. The quantitative estimate of drug-likeness (QED) is 0.794. The minimum atomic E-state index is -0.0137. The molecule has 0 saturated heterocycles. The summed E-state index contributed by atoms with van der Waals surface area (Å²) in [7, 11) is 0. The standard InChI is InChI=1S/C14H17BrO2/c1-10-8-12(9-10)14(16)17-7-6-11-2-4-13(15)5-3-11/h2-5,10,12H,6-9H2,1H3. The van der Waals surface area contributed by atoms with Crippen LogP contribution in [-0.2, 0) is 16.0 Å². The topological polar surface area (TPSA) is 26.3 Å². The second kappa shape index (κ2) is 5.67. The Morgan fingerprint density at radius 2 is 2.00 bits per heavy atom. The fourth-order valence-electron chi connectivity index (χ4n) is 2.13. The van der Waals surface area contributed by atoms with Crippen molar-refractivity contribution in [3.05, 3.63) is 34.3 Å². The van der Waals surface area contributed by atoms with Gasteiger partial charge in [-0.25, -0.2) is 0 Å². The number of halogens is 1. The number of hydrogen-bond acceptors (Lipinski definition) is 2. The summed E-state index contributed by atoms with van der Waals surface area (Å²) in [6, 6.07) is 8.10. The first-order chi connectivity index (χ1) is 8.15. The summed E-state index contributed by atoms with van der Waals surface area (Å²) >= 11 is 3.39. The Kier molecular flexibility index (Phi) is 4.21. The van der Waals surface area contributed by atoms with Crippen LogP contribution in [0.25, 0.3) is 0 Å². The van der Waals surface area contributed by atoms with Gasteiger partial charge in [0.2, 0.25) is 0 Å². The number of rotatable bonds is 4. The molecule has 0 N–H and O–H groups in total. The minimum absolute atomic E-state index is 0.0137. The number of carbonyl (C=O) groups excluding carboxylic acids is 1. The van der Waals surface area contributed by atoms with Crippen molar-refractivity contribution in [3.63, 3.8) is 0 Å². The zero-order valence-electron chi connectivity index (χ0n) is 9.99. The van der Waals surface area contributed by atoms with E-state index in [0.29, 0.717) is 12.5 Å². The molecule has 0 bridgehead atoms. The largest absolute Gasteiger partial charge is 0.465 e. The summed E-state index contributed by atoms with van der Waals surface area (Å²) in [5.41, 5.74) is 1.20. The average molecular weight is 297 g/mol. The molecule has 0 aromatic heterocycles. The highest BCUT2D eigenvalue weighted by Crippen LogP contribution is 2.33. The second-order valence-corrected chi connectivity index (χ2v) is 5.73. The maximum absolute atomic E-state index is 11.6. The molecule has 1 aromatic rings. The van der Waals surface area contributed by atoms with Gasteiger partial charge >= 0.3 is 5.97 Å². The Morgan fingerprint density at radius 3 is 2.59 bits per heavy atom. The Balaban J connectivity index is 1.69. The SMILES string of the molecule is CC1CC(C(=O)OCCc2ccc(Br)cc2)C1. The molecule has 0 spiro atoms. The summed E-state index contributed by atoms with van der Waals surface area (Å²) in [6.07, 6.45) is 2.79. The van der Waals surface area contributed by atoms with E-state index in [0.717, 1.165) is 23.7 Å². The molecular weight excluding hydrogens is 280 g/mol. The van der Waals surface area contributed by atoms with Gasteiger partial charge in [0.1, 0.15) is 0 Å². The van der Waals surface area contributed by atoms with Gasteiger partial charge in [0.25, 0.3) is 0 Å². The fourth-order valence-corrected chi connectivity index (χ4v) is 2.40. The molecule has 2 nitrogen and oxygen atoms in total. The third-order valence-corrected chi connectivity index (χ3v) is 3.78. The van der Waals surface area contributed by atoms with E-state index in [2.05, 4.69) is 22.9 Å². The third kappa shape index (κ3) is 3.56. The number of ether oxygens (including phenoxy) is 1. The highest BCUT2D eigenvalue weighted by molar-refractivity contribution is 9.10. The second-order valence-electron chi connectivity index (χ2n) is 4.82. The molecular formula is C14H17BrO2. The first kappa shape index (κ1) is 12.6. The molecule has 0 aliphatic heterocycles. The van der Waals surface area contributed by atoms with Gasteiger partial charge in [0, 0.05) is 10.9 Å². The van der Waals surface area contributed by atoms with E-state index < -0.39 is 0 Å². The number of carbonyl (C=O) groups is 1. The lowest BCUT2D eigenvalue weighted by Gasteiger charge is -2.30. The summed E-state index contributed by atoms with van der Waals surface area (Å²) in [5, 5.41) is 0. The maximum atomic E-state index is 11.6. The third-order valence-electron chi connectivity index (χ3n) is 3.26. The van der Waals surface area contributed by atoms with Crippen molar-refractivity contribution in [1.82, 2.24) is 0 Å². The molecule has 0 unspecified atom stereocenters. The summed E-state index contributed by atoms with van der Waals surface area (Å²) in [5.74, 6) is 0.842. The lowest BCUT2D eigenvalue weighted by molar-refractivity contribution is -0.152. The van der Waals surface area contributed by atoms with E-state index in [1.165, 1.54) is 5.56 Å². The zero-order chi connectivity index (χ0) is 12.3. The molecule has 1 aliphatic rings. The molecule has 1 aliphatic carbocycles. The van der Waals surface area contributed by atoms with Crippen molar-refractivity contribution in [2.75, 3.05) is 6.61 Å². The summed E-state index contributed by atoms with van der Waals surface area (Å²) in [6.45, 7) is 2.66. The summed E-state index contributed by atoms with van der Waals surface area (Å²) < 4.78 is 6.35. The van der Waals surface area contributed by atoms with Crippen molar-refractivity contribution in [2.24, 2.45) is 11.8 Å². The van der Waals surface area contributed by atoms with E-state index in [9.17, 15) is 4.79 Å². The normalized spacial score (nSPS) is 22.9. The first-order valence-corrected chi connectivity index (χ1v) is 6.85. The maximum Gasteiger partial charge on any atom is 0.308 e. The van der Waals surface area contributed by atoms with E-state index in [1.807, 2.05) is 24.3 Å². The van der Waals surface area contributed by atoms with Crippen LogP contribution in [0.1, 0.15) is 25.3 Å². The van der Waals surface area contributed by atoms with E-state index in [4.69, 9.17) is 4.74 Å². The van der Waals surface area contributed by atoms with Gasteiger partial charge in [-0.1, -0.05) is 35.0 Å². The molecule has 1 aromatic carbocycles. The Bertz CT molecular complexity index is 380. The number of hydrogen-bond donors (Lipinski definition) is 0. The lowest BCUT2D eigenvalue weighted by Crippen LogP contribution is -2.30. The smallest absolute Gasteiger partial charge is 0.308 e. The zero-order valence-corrected chi connectivity index (χ0v) is 11.6. The van der Waals surface area contributed by atoms with Gasteiger partial charge in [-0.05, 0) is 36.5 Å². The molecule has 1 fully saturated rings. The van der Waals surface area contributed by atoms with Gasteiger partial charge in [-0.3, -0.25) is 4.79 Å². The predicted molar refractivity (Wildman–Crippen MR) is 70.7 cm³/mol. The van der Waals surface area contributed by atoms with Crippen molar-refractivity contribution < 1.29 is 9.53 Å². The van der Waals surface area contributed by atoms with Crippen molar-refractivity contribution in [2.45, 2.75) is 26.2 Å². The van der Waals surface area contributed by atoms with Crippen LogP contribution in [0.3, 0.4) is 0 Å². The number of benzene rings is 1. The summed E-state index contributed by atoms with van der Waals surface area (Å²) in [4.78, 5) is 11.6. The molecule has 1 saturated carbocycles. The van der Waals surface area contributed by atoms with Gasteiger partial charge in [-0.15, -0.1) is 0 Å². The Morgan fingerprint density at radius 1 is 1.35 bits per heavy atom. The monoisotopic (exact) mass is 296 g/mol. The first-order valence-electron chi connectivity index (χ1n) is 6.06. The average Bonchev–Trinajstić information content (AvgIpc) is 2.27. The van der Waals surface area contributed by atoms with Crippen molar-refractivity contribution in [1.29, 1.82) is 0 Å². The molecule has 0 heterocycles. The Labute approximate surface area is 110 Å². The van der Waals surface area contributed by atoms with E-state index in [1.54, 1.807) is 0 Å². The number of esters is 1. The van der Waals surface area contributed by atoms with E-state index in [-0.39, 0.29) is 11.9 Å². The van der Waals surface area contributed by atoms with Crippen LogP contribution in [0.2, 0.25) is 0 Å². The molecule has 0 radical (unpaired) electrons. The molecule has 0 amide bonds. The van der Waals surface area contributed by atoms with Crippen LogP contribution in [0, 0.1) is 11.8 Å². The van der Waals surface area contributed by atoms with Gasteiger partial charge in [-0.2, -0.15) is 0 Å². The molecule has 2 rings (SSSR count). The Hall–Kier alpha value is -0.830. The highest BCUT2D eigenvalue weighted by Gasteiger charge is 2.32. The molecule has 3 heteroatoms. The molecule has 0 atom stereocenters. The highest BCUT2D eigenvalue weighted by atomic mass is 79.9. The van der Waals surface area contributed by atoms with Gasteiger partial charge in [0.05, 0.1) is 12.5 Å².